The number of rotatable bonds is 5. The van der Waals surface area contributed by atoms with Crippen molar-refractivity contribution in [2.75, 3.05) is 13.6 Å². The van der Waals surface area contributed by atoms with Crippen molar-refractivity contribution in [2.24, 2.45) is 5.92 Å². The van der Waals surface area contributed by atoms with Crippen molar-refractivity contribution in [3.63, 3.8) is 0 Å². The van der Waals surface area contributed by atoms with Crippen molar-refractivity contribution in [1.29, 1.82) is 0 Å². The van der Waals surface area contributed by atoms with E-state index in [4.69, 9.17) is 16.3 Å². The lowest BCUT2D eigenvalue weighted by Crippen LogP contribution is -2.31. The Hall–Kier alpha value is -0.570. The zero-order chi connectivity index (χ0) is 13.7. The number of likely N-dealkylation sites (N-methyl/N-ethyl adjacent to an activating group) is 1. The minimum absolute atomic E-state index is 0.0456. The predicted octanol–water partition coefficient (Wildman–Crippen LogP) is 4.20. The van der Waals surface area contributed by atoms with Crippen LogP contribution in [0.3, 0.4) is 0 Å². The molecule has 3 heteroatoms. The second kappa shape index (κ2) is 7.28. The molecule has 1 aromatic rings. The minimum atomic E-state index is 0.0456. The van der Waals surface area contributed by atoms with E-state index in [2.05, 4.69) is 18.3 Å². The second-order valence-electron chi connectivity index (χ2n) is 5.50. The lowest BCUT2D eigenvalue weighted by atomic mass is 9.87. The molecule has 3 atom stereocenters. The Bertz CT molecular complexity index is 396. The van der Waals surface area contributed by atoms with Crippen molar-refractivity contribution in [3.05, 3.63) is 34.9 Å². The summed E-state index contributed by atoms with van der Waals surface area (Å²) in [4.78, 5) is 0. The number of halogens is 1. The van der Waals surface area contributed by atoms with Gasteiger partial charge in [-0.05, 0) is 31.9 Å². The maximum atomic E-state index is 6.36. The monoisotopic (exact) mass is 281 g/mol. The lowest BCUT2D eigenvalue weighted by molar-refractivity contribution is -0.0557. The van der Waals surface area contributed by atoms with Crippen molar-refractivity contribution in [2.45, 2.75) is 44.8 Å². The van der Waals surface area contributed by atoms with Gasteiger partial charge in [0.1, 0.15) is 0 Å². The molecule has 1 N–H and O–H groups in total. The molecule has 0 aliphatic heterocycles. The number of benzene rings is 1. The third-order valence-corrected chi connectivity index (χ3v) is 4.36. The van der Waals surface area contributed by atoms with Crippen LogP contribution in [0.15, 0.2) is 24.3 Å². The van der Waals surface area contributed by atoms with Gasteiger partial charge >= 0.3 is 0 Å². The second-order valence-corrected chi connectivity index (χ2v) is 5.91. The van der Waals surface area contributed by atoms with E-state index in [9.17, 15) is 0 Å². The first-order valence-corrected chi connectivity index (χ1v) is 7.64. The minimum Gasteiger partial charge on any atom is -0.369 e. The topological polar surface area (TPSA) is 21.3 Å². The highest BCUT2D eigenvalue weighted by molar-refractivity contribution is 6.31. The molecular formula is C16H24ClNO. The van der Waals surface area contributed by atoms with Crippen LogP contribution in [0, 0.1) is 5.92 Å². The first kappa shape index (κ1) is 14.8. The zero-order valence-electron chi connectivity index (χ0n) is 11.9. The number of hydrogen-bond acceptors (Lipinski definition) is 2. The van der Waals surface area contributed by atoms with Crippen LogP contribution in [-0.4, -0.2) is 19.7 Å². The molecule has 0 bridgehead atoms. The van der Waals surface area contributed by atoms with Gasteiger partial charge in [-0.2, -0.15) is 0 Å². The normalized spacial score (nSPS) is 25.2. The smallest absolute Gasteiger partial charge is 0.0967 e. The van der Waals surface area contributed by atoms with Gasteiger partial charge in [-0.3, -0.25) is 0 Å². The Morgan fingerprint density at radius 2 is 2.05 bits per heavy atom. The Kier molecular flexibility index (Phi) is 5.68. The molecule has 106 valence electrons. The van der Waals surface area contributed by atoms with E-state index in [0.29, 0.717) is 12.0 Å². The van der Waals surface area contributed by atoms with Crippen LogP contribution in [-0.2, 0) is 4.74 Å². The average Bonchev–Trinajstić information content (AvgIpc) is 2.41. The maximum absolute atomic E-state index is 6.36. The lowest BCUT2D eigenvalue weighted by Gasteiger charge is -2.33. The van der Waals surface area contributed by atoms with Crippen molar-refractivity contribution < 1.29 is 4.74 Å². The molecule has 1 aliphatic rings. The van der Waals surface area contributed by atoms with E-state index in [-0.39, 0.29) is 6.10 Å². The molecule has 2 rings (SSSR count). The summed E-state index contributed by atoms with van der Waals surface area (Å²) in [5.41, 5.74) is 1.09. The van der Waals surface area contributed by atoms with E-state index in [1.165, 1.54) is 25.7 Å². The van der Waals surface area contributed by atoms with Gasteiger partial charge in [-0.25, -0.2) is 0 Å². The van der Waals surface area contributed by atoms with E-state index in [1.807, 2.05) is 25.2 Å². The van der Waals surface area contributed by atoms with Crippen LogP contribution in [0.2, 0.25) is 5.02 Å². The van der Waals surface area contributed by atoms with Gasteiger partial charge in [0.2, 0.25) is 0 Å². The fraction of sp³-hybridized carbons (Fsp3) is 0.625. The van der Waals surface area contributed by atoms with Crippen LogP contribution in [0.5, 0.6) is 0 Å². The molecule has 0 radical (unpaired) electrons. The summed E-state index contributed by atoms with van der Waals surface area (Å²) in [6.07, 6.45) is 5.48. The molecule has 0 aromatic heterocycles. The standard InChI is InChI=1S/C16H24ClNO/c1-12-7-3-6-10-15(12)19-16(11-18-2)13-8-4-5-9-14(13)17/h4-5,8-9,12,15-16,18H,3,6-7,10-11H2,1-2H3. The molecule has 0 amide bonds. The highest BCUT2D eigenvalue weighted by Crippen LogP contribution is 2.32. The number of hydrogen-bond donors (Lipinski definition) is 1. The van der Waals surface area contributed by atoms with Gasteiger partial charge in [0.25, 0.3) is 0 Å². The zero-order valence-corrected chi connectivity index (χ0v) is 12.6. The molecule has 1 aromatic carbocycles. The molecule has 3 unspecified atom stereocenters. The number of ether oxygens (including phenoxy) is 1. The molecule has 1 fully saturated rings. The molecule has 19 heavy (non-hydrogen) atoms. The van der Waals surface area contributed by atoms with Crippen LogP contribution >= 0.6 is 11.6 Å². The maximum Gasteiger partial charge on any atom is 0.0967 e. The van der Waals surface area contributed by atoms with Gasteiger partial charge in [-0.1, -0.05) is 49.6 Å². The van der Waals surface area contributed by atoms with Crippen LogP contribution < -0.4 is 5.32 Å². The SMILES string of the molecule is CNCC(OC1CCCCC1C)c1ccccc1Cl. The van der Waals surface area contributed by atoms with E-state index >= 15 is 0 Å². The van der Waals surface area contributed by atoms with Gasteiger partial charge in [-0.15, -0.1) is 0 Å². The molecule has 1 saturated carbocycles. The van der Waals surface area contributed by atoms with E-state index in [0.717, 1.165) is 17.1 Å². The fourth-order valence-electron chi connectivity index (χ4n) is 2.85. The highest BCUT2D eigenvalue weighted by Gasteiger charge is 2.26. The summed E-state index contributed by atoms with van der Waals surface area (Å²) in [7, 11) is 1.96. The van der Waals surface area contributed by atoms with Crippen molar-refractivity contribution >= 4 is 11.6 Å². The molecule has 0 saturated heterocycles. The summed E-state index contributed by atoms with van der Waals surface area (Å²) < 4.78 is 6.36. The van der Waals surface area contributed by atoms with E-state index < -0.39 is 0 Å². The van der Waals surface area contributed by atoms with Gasteiger partial charge in [0.15, 0.2) is 0 Å². The van der Waals surface area contributed by atoms with Gasteiger partial charge in [0.05, 0.1) is 12.2 Å². The Morgan fingerprint density at radius 3 is 2.74 bits per heavy atom. The van der Waals surface area contributed by atoms with Crippen molar-refractivity contribution in [3.8, 4) is 0 Å². The molecular weight excluding hydrogens is 258 g/mol. The molecule has 0 spiro atoms. The summed E-state index contributed by atoms with van der Waals surface area (Å²) in [6, 6.07) is 7.99. The third kappa shape index (κ3) is 3.95. The Balaban J connectivity index is 2.09. The Labute approximate surface area is 121 Å². The van der Waals surface area contributed by atoms with Crippen molar-refractivity contribution in [1.82, 2.24) is 5.32 Å². The summed E-state index contributed by atoms with van der Waals surface area (Å²) in [5, 5.41) is 4.01. The van der Waals surface area contributed by atoms with Crippen LogP contribution in [0.4, 0.5) is 0 Å². The predicted molar refractivity (Wildman–Crippen MR) is 80.6 cm³/mol. The molecule has 0 heterocycles. The van der Waals surface area contributed by atoms with Crippen LogP contribution in [0.1, 0.15) is 44.3 Å². The average molecular weight is 282 g/mol. The third-order valence-electron chi connectivity index (χ3n) is 4.01. The van der Waals surface area contributed by atoms with Gasteiger partial charge < -0.3 is 10.1 Å². The largest absolute Gasteiger partial charge is 0.369 e. The quantitative estimate of drug-likeness (QED) is 0.873. The fourth-order valence-corrected chi connectivity index (χ4v) is 3.11. The first-order valence-electron chi connectivity index (χ1n) is 7.27. The van der Waals surface area contributed by atoms with Crippen LogP contribution in [0.25, 0.3) is 0 Å². The first-order chi connectivity index (χ1) is 9.22. The Morgan fingerprint density at radius 1 is 1.32 bits per heavy atom. The molecule has 2 nitrogen and oxygen atoms in total. The summed E-state index contributed by atoms with van der Waals surface area (Å²) >= 11 is 6.30. The summed E-state index contributed by atoms with van der Waals surface area (Å²) in [6.45, 7) is 3.10. The molecule has 1 aliphatic carbocycles. The number of nitrogens with one attached hydrogen (secondary N) is 1. The summed E-state index contributed by atoms with van der Waals surface area (Å²) in [5.74, 6) is 0.649. The highest BCUT2D eigenvalue weighted by atomic mass is 35.5. The van der Waals surface area contributed by atoms with E-state index in [1.54, 1.807) is 0 Å². The van der Waals surface area contributed by atoms with Gasteiger partial charge in [0, 0.05) is 17.1 Å².